The van der Waals surface area contributed by atoms with Crippen LogP contribution >= 0.6 is 12.4 Å². The van der Waals surface area contributed by atoms with Gasteiger partial charge in [-0.25, -0.2) is 0 Å². The van der Waals surface area contributed by atoms with Crippen LogP contribution in [0.4, 0.5) is 13.2 Å². The lowest BCUT2D eigenvalue weighted by Crippen LogP contribution is -2.20. The molecule has 0 amide bonds. The van der Waals surface area contributed by atoms with E-state index >= 15 is 0 Å². The van der Waals surface area contributed by atoms with Crippen molar-refractivity contribution in [1.29, 1.82) is 0 Å². The Balaban J connectivity index is 0.00000288. The first-order valence-electron chi connectivity index (χ1n) is 7.36. The van der Waals surface area contributed by atoms with Gasteiger partial charge in [-0.2, -0.15) is 13.2 Å². The average Bonchev–Trinajstić information content (AvgIpc) is 2.45. The highest BCUT2D eigenvalue weighted by atomic mass is 35.5. The highest BCUT2D eigenvalue weighted by Gasteiger charge is 2.31. The van der Waals surface area contributed by atoms with Gasteiger partial charge in [-0.15, -0.1) is 12.4 Å². The highest BCUT2D eigenvalue weighted by Crippen LogP contribution is 2.32. The second-order valence-electron chi connectivity index (χ2n) is 5.68. The Morgan fingerprint density at radius 3 is 2.08 bits per heavy atom. The molecular formula is C18H21ClF3NO. The standard InChI is InChI=1S/C18H20F3NO.ClH/c1-12-8-15(16(22)10-18(19,20)21)9-13(2)17(12)23-11-14-6-4-3-5-7-14;/h3-9,16H,10-11,22H2,1-2H3;1H/t16-;/m0./s1. The van der Waals surface area contributed by atoms with Crippen molar-refractivity contribution in [2.24, 2.45) is 5.73 Å². The highest BCUT2D eigenvalue weighted by molar-refractivity contribution is 5.85. The van der Waals surface area contributed by atoms with Crippen LogP contribution < -0.4 is 10.5 Å². The Morgan fingerprint density at radius 2 is 1.58 bits per heavy atom. The van der Waals surface area contributed by atoms with Gasteiger partial charge in [0.2, 0.25) is 0 Å². The summed E-state index contributed by atoms with van der Waals surface area (Å²) in [5.41, 5.74) is 8.75. The van der Waals surface area contributed by atoms with Crippen LogP contribution in [-0.2, 0) is 6.61 Å². The van der Waals surface area contributed by atoms with Crippen molar-refractivity contribution in [3.63, 3.8) is 0 Å². The van der Waals surface area contributed by atoms with Crippen molar-refractivity contribution in [3.05, 3.63) is 64.7 Å². The Kier molecular flexibility index (Phi) is 7.11. The first-order valence-corrected chi connectivity index (χ1v) is 7.36. The molecule has 0 fully saturated rings. The van der Waals surface area contributed by atoms with Crippen molar-refractivity contribution in [1.82, 2.24) is 0 Å². The molecule has 0 bridgehead atoms. The van der Waals surface area contributed by atoms with Gasteiger partial charge in [-0.05, 0) is 36.1 Å². The zero-order valence-electron chi connectivity index (χ0n) is 13.6. The molecule has 0 aliphatic carbocycles. The second-order valence-corrected chi connectivity index (χ2v) is 5.68. The zero-order valence-corrected chi connectivity index (χ0v) is 14.4. The van der Waals surface area contributed by atoms with Gasteiger partial charge in [0.05, 0.1) is 6.42 Å². The number of hydrogen-bond donors (Lipinski definition) is 1. The van der Waals surface area contributed by atoms with Gasteiger partial charge in [-0.3, -0.25) is 0 Å². The summed E-state index contributed by atoms with van der Waals surface area (Å²) in [4.78, 5) is 0. The zero-order chi connectivity index (χ0) is 17.0. The molecule has 0 radical (unpaired) electrons. The summed E-state index contributed by atoms with van der Waals surface area (Å²) >= 11 is 0. The van der Waals surface area contributed by atoms with Gasteiger partial charge >= 0.3 is 6.18 Å². The van der Waals surface area contributed by atoms with Gasteiger partial charge in [-0.1, -0.05) is 42.5 Å². The molecule has 2 aromatic rings. The molecule has 2 rings (SSSR count). The van der Waals surface area contributed by atoms with Crippen molar-refractivity contribution in [3.8, 4) is 5.75 Å². The Hall–Kier alpha value is -1.72. The van der Waals surface area contributed by atoms with Crippen molar-refractivity contribution < 1.29 is 17.9 Å². The predicted molar refractivity (Wildman–Crippen MR) is 91.5 cm³/mol. The summed E-state index contributed by atoms with van der Waals surface area (Å²) in [5, 5.41) is 0. The van der Waals surface area contributed by atoms with Crippen LogP contribution in [0, 0.1) is 13.8 Å². The Bertz CT molecular complexity index is 636. The van der Waals surface area contributed by atoms with E-state index in [1.54, 1.807) is 12.1 Å². The maximum absolute atomic E-state index is 12.5. The number of rotatable bonds is 5. The largest absolute Gasteiger partial charge is 0.488 e. The molecule has 1 atom stereocenters. The molecule has 0 aromatic heterocycles. The fourth-order valence-corrected chi connectivity index (χ4v) is 2.52. The lowest BCUT2D eigenvalue weighted by molar-refractivity contribution is -0.138. The number of benzene rings is 2. The minimum absolute atomic E-state index is 0. The van der Waals surface area contributed by atoms with Gasteiger partial charge in [0.15, 0.2) is 0 Å². The molecule has 0 heterocycles. The molecule has 0 unspecified atom stereocenters. The van der Waals surface area contributed by atoms with Crippen LogP contribution in [0.1, 0.15) is 34.7 Å². The molecule has 2 aromatic carbocycles. The van der Waals surface area contributed by atoms with Crippen LogP contribution in [-0.4, -0.2) is 6.18 Å². The molecule has 0 saturated heterocycles. The minimum atomic E-state index is -4.27. The van der Waals surface area contributed by atoms with Crippen LogP contribution in [0.25, 0.3) is 0 Å². The number of nitrogens with two attached hydrogens (primary N) is 1. The van der Waals surface area contributed by atoms with E-state index in [9.17, 15) is 13.2 Å². The third kappa shape index (κ3) is 5.73. The molecule has 24 heavy (non-hydrogen) atoms. The average molecular weight is 360 g/mol. The SMILES string of the molecule is Cc1cc([C@@H](N)CC(F)(F)F)cc(C)c1OCc1ccccc1.Cl. The van der Waals surface area contributed by atoms with Crippen LogP contribution in [0.2, 0.25) is 0 Å². The monoisotopic (exact) mass is 359 g/mol. The molecule has 132 valence electrons. The Labute approximate surface area is 146 Å². The third-order valence-electron chi connectivity index (χ3n) is 3.59. The van der Waals surface area contributed by atoms with E-state index < -0.39 is 18.6 Å². The summed E-state index contributed by atoms with van der Waals surface area (Å²) in [6.45, 7) is 4.05. The Morgan fingerprint density at radius 1 is 1.04 bits per heavy atom. The molecule has 2 N–H and O–H groups in total. The summed E-state index contributed by atoms with van der Waals surface area (Å²) < 4.78 is 43.3. The van der Waals surface area contributed by atoms with E-state index in [0.29, 0.717) is 17.9 Å². The molecular weight excluding hydrogens is 339 g/mol. The summed E-state index contributed by atoms with van der Waals surface area (Å²) in [7, 11) is 0. The van der Waals surface area contributed by atoms with Gasteiger partial charge in [0, 0.05) is 6.04 Å². The molecule has 0 aliphatic rings. The van der Waals surface area contributed by atoms with E-state index in [1.165, 1.54) is 0 Å². The van der Waals surface area contributed by atoms with Crippen molar-refractivity contribution in [2.75, 3.05) is 0 Å². The summed E-state index contributed by atoms with van der Waals surface area (Å²) in [5.74, 6) is 0.691. The fraction of sp³-hybridized carbons (Fsp3) is 0.333. The van der Waals surface area contributed by atoms with E-state index in [-0.39, 0.29) is 12.4 Å². The first kappa shape index (κ1) is 20.3. The van der Waals surface area contributed by atoms with E-state index in [4.69, 9.17) is 10.5 Å². The summed E-state index contributed by atoms with van der Waals surface area (Å²) in [6, 6.07) is 12.0. The summed E-state index contributed by atoms with van der Waals surface area (Å²) in [6.07, 6.45) is -5.31. The van der Waals surface area contributed by atoms with Crippen molar-refractivity contribution in [2.45, 2.75) is 39.1 Å². The maximum Gasteiger partial charge on any atom is 0.390 e. The number of hydrogen-bond acceptors (Lipinski definition) is 2. The van der Waals surface area contributed by atoms with Crippen LogP contribution in [0.15, 0.2) is 42.5 Å². The lowest BCUT2D eigenvalue weighted by atomic mass is 9.98. The molecule has 0 aliphatic heterocycles. The van der Waals surface area contributed by atoms with Gasteiger partial charge < -0.3 is 10.5 Å². The maximum atomic E-state index is 12.5. The topological polar surface area (TPSA) is 35.2 Å². The lowest BCUT2D eigenvalue weighted by Gasteiger charge is -2.18. The molecule has 0 saturated carbocycles. The molecule has 0 spiro atoms. The molecule has 2 nitrogen and oxygen atoms in total. The van der Waals surface area contributed by atoms with Crippen LogP contribution in [0.3, 0.4) is 0 Å². The predicted octanol–water partition coefficient (Wildman–Crippen LogP) is 5.26. The van der Waals surface area contributed by atoms with Crippen LogP contribution in [0.5, 0.6) is 5.75 Å². The minimum Gasteiger partial charge on any atom is -0.488 e. The van der Waals surface area contributed by atoms with Crippen molar-refractivity contribution >= 4 is 12.4 Å². The fourth-order valence-electron chi connectivity index (χ4n) is 2.52. The number of aryl methyl sites for hydroxylation is 2. The quantitative estimate of drug-likeness (QED) is 0.790. The smallest absolute Gasteiger partial charge is 0.390 e. The third-order valence-corrected chi connectivity index (χ3v) is 3.59. The van der Waals surface area contributed by atoms with Gasteiger partial charge in [0.25, 0.3) is 0 Å². The van der Waals surface area contributed by atoms with E-state index in [2.05, 4.69) is 0 Å². The molecule has 6 heteroatoms. The number of alkyl halides is 3. The van der Waals surface area contributed by atoms with E-state index in [0.717, 1.165) is 16.7 Å². The normalized spacial score (nSPS) is 12.4. The first-order chi connectivity index (χ1) is 10.8. The number of ether oxygens (including phenoxy) is 1. The van der Waals surface area contributed by atoms with Gasteiger partial charge in [0.1, 0.15) is 12.4 Å². The number of halogens is 4. The van der Waals surface area contributed by atoms with E-state index in [1.807, 2.05) is 44.2 Å². The second kappa shape index (κ2) is 8.40.